The summed E-state index contributed by atoms with van der Waals surface area (Å²) in [6, 6.07) is 5.52. The van der Waals surface area contributed by atoms with Crippen LogP contribution in [0.4, 0.5) is 4.39 Å². The Balaban J connectivity index is 1.87. The minimum Gasteiger partial charge on any atom is -0.469 e. The van der Waals surface area contributed by atoms with Crippen molar-refractivity contribution in [3.05, 3.63) is 51.7 Å². The summed E-state index contributed by atoms with van der Waals surface area (Å²) in [5.41, 5.74) is 1.41. The van der Waals surface area contributed by atoms with Gasteiger partial charge >= 0.3 is 5.97 Å². The molecule has 0 saturated carbocycles. The summed E-state index contributed by atoms with van der Waals surface area (Å²) in [4.78, 5) is 31.7. The van der Waals surface area contributed by atoms with Crippen molar-refractivity contribution in [1.29, 1.82) is 0 Å². The van der Waals surface area contributed by atoms with Crippen LogP contribution >= 0.6 is 0 Å². The van der Waals surface area contributed by atoms with E-state index in [1.807, 2.05) is 0 Å². The molecule has 0 bridgehead atoms. The van der Waals surface area contributed by atoms with Crippen molar-refractivity contribution in [2.45, 2.75) is 13.3 Å². The molecule has 8 nitrogen and oxygen atoms in total. The molecule has 2 aromatic rings. The Morgan fingerprint density at radius 1 is 1.28 bits per heavy atom. The van der Waals surface area contributed by atoms with E-state index in [4.69, 9.17) is 9.47 Å². The fraction of sp³-hybridized carbons (Fsp3) is 0.450. The molecule has 1 aromatic heterocycles. The average Bonchev–Trinajstić information content (AvgIpc) is 3.05. The number of ether oxygens (including phenoxy) is 2. The summed E-state index contributed by atoms with van der Waals surface area (Å²) >= 11 is 0. The molecule has 0 unspecified atom stereocenters. The Morgan fingerprint density at radius 2 is 1.97 bits per heavy atom. The first-order chi connectivity index (χ1) is 14.0. The van der Waals surface area contributed by atoms with E-state index in [1.165, 1.54) is 36.1 Å². The van der Waals surface area contributed by atoms with Crippen LogP contribution in [0.3, 0.4) is 0 Å². The van der Waals surface area contributed by atoms with E-state index in [0.29, 0.717) is 42.4 Å². The number of aromatic nitrogens is 2. The highest BCUT2D eigenvalue weighted by Crippen LogP contribution is 2.11. The van der Waals surface area contributed by atoms with Crippen LogP contribution in [0, 0.1) is 5.82 Å². The number of H-pyrrole nitrogens is 1. The molecule has 9 heteroatoms. The molecule has 1 aliphatic rings. The van der Waals surface area contributed by atoms with Crippen molar-refractivity contribution < 1.29 is 18.7 Å². The molecule has 156 valence electrons. The molecule has 29 heavy (non-hydrogen) atoms. The number of hydrogen-bond donors (Lipinski definition) is 1. The number of aliphatic imine (C=N–C) groups is 1. The zero-order chi connectivity index (χ0) is 20.8. The van der Waals surface area contributed by atoms with Crippen LogP contribution in [0.5, 0.6) is 0 Å². The maximum atomic E-state index is 13.2. The smallest absolute Gasteiger partial charge is 0.311 e. The Hall–Kier alpha value is -2.78. The lowest BCUT2D eigenvalue weighted by molar-refractivity contribution is -0.139. The van der Waals surface area contributed by atoms with Gasteiger partial charge in [-0.25, -0.2) is 9.07 Å². The number of nitrogens with zero attached hydrogens (tertiary/aromatic N) is 3. The molecule has 2 heterocycles. The maximum Gasteiger partial charge on any atom is 0.311 e. The lowest BCUT2D eigenvalue weighted by atomic mass is 10.1. The van der Waals surface area contributed by atoms with Gasteiger partial charge in [-0.15, -0.1) is 0 Å². The van der Waals surface area contributed by atoms with E-state index in [1.54, 1.807) is 6.92 Å². The van der Waals surface area contributed by atoms with Gasteiger partial charge < -0.3 is 9.47 Å². The SMILES string of the molecule is COC(=O)Cc1[nH]n(-c2ccc(F)cc2)c(=O)c1C(C)=NCCN1CCOCC1. The van der Waals surface area contributed by atoms with Crippen molar-refractivity contribution in [1.82, 2.24) is 14.7 Å². The molecule has 0 amide bonds. The number of methoxy groups -OCH3 is 1. The molecule has 1 aromatic carbocycles. The third-order valence-electron chi connectivity index (χ3n) is 4.83. The minimum atomic E-state index is -0.472. The van der Waals surface area contributed by atoms with Gasteiger partial charge in [-0.2, -0.15) is 0 Å². The molecular formula is C20H25FN4O4. The highest BCUT2D eigenvalue weighted by Gasteiger charge is 2.20. The van der Waals surface area contributed by atoms with Gasteiger partial charge in [0.1, 0.15) is 5.82 Å². The monoisotopic (exact) mass is 404 g/mol. The standard InChI is InChI=1S/C20H25FN4O4/c1-14(22-7-8-24-9-11-29-12-10-24)19-17(13-18(26)28-2)23-25(20(19)27)16-5-3-15(21)4-6-16/h3-6,23H,7-13H2,1-2H3. The van der Waals surface area contributed by atoms with Gasteiger partial charge in [-0.3, -0.25) is 24.6 Å². The van der Waals surface area contributed by atoms with Crippen LogP contribution in [0.25, 0.3) is 5.69 Å². The summed E-state index contributed by atoms with van der Waals surface area (Å²) in [6.45, 7) is 6.21. The van der Waals surface area contributed by atoms with Crippen LogP contribution in [-0.4, -0.2) is 72.9 Å². The number of halogens is 1. The predicted molar refractivity (Wildman–Crippen MR) is 106 cm³/mol. The van der Waals surface area contributed by atoms with Crippen LogP contribution in [0.15, 0.2) is 34.1 Å². The van der Waals surface area contributed by atoms with E-state index >= 15 is 0 Å². The summed E-state index contributed by atoms with van der Waals surface area (Å²) in [5.74, 6) is -0.871. The second-order valence-corrected chi connectivity index (χ2v) is 6.76. The third kappa shape index (κ3) is 5.18. The van der Waals surface area contributed by atoms with Crippen molar-refractivity contribution in [3.63, 3.8) is 0 Å². The first-order valence-electron chi connectivity index (χ1n) is 9.47. The number of rotatable bonds is 7. The number of esters is 1. The number of nitrogens with one attached hydrogen (secondary N) is 1. The number of carbonyl (C=O) groups is 1. The van der Waals surface area contributed by atoms with Gasteiger partial charge in [-0.1, -0.05) is 0 Å². The summed E-state index contributed by atoms with van der Waals surface area (Å²) < 4.78 is 24.6. The van der Waals surface area contributed by atoms with Crippen LogP contribution in [0.2, 0.25) is 0 Å². The predicted octanol–water partition coefficient (Wildman–Crippen LogP) is 1.16. The van der Waals surface area contributed by atoms with E-state index in [9.17, 15) is 14.0 Å². The Morgan fingerprint density at radius 3 is 2.62 bits per heavy atom. The fourth-order valence-corrected chi connectivity index (χ4v) is 3.23. The topological polar surface area (TPSA) is 88.9 Å². The molecule has 3 rings (SSSR count). The normalized spacial score (nSPS) is 15.5. The van der Waals surface area contributed by atoms with Crippen molar-refractivity contribution in [3.8, 4) is 5.69 Å². The van der Waals surface area contributed by atoms with Gasteiger partial charge in [0.2, 0.25) is 0 Å². The molecule has 0 atom stereocenters. The number of benzene rings is 1. The Labute approximate surface area is 167 Å². The van der Waals surface area contributed by atoms with Gasteiger partial charge in [0.05, 0.1) is 50.2 Å². The molecule has 0 spiro atoms. The summed E-state index contributed by atoms with van der Waals surface area (Å²) in [5, 5.41) is 2.94. The first kappa shape index (κ1) is 20.9. The van der Waals surface area contributed by atoms with Gasteiger partial charge in [-0.05, 0) is 31.2 Å². The molecular weight excluding hydrogens is 379 g/mol. The van der Waals surface area contributed by atoms with Crippen LogP contribution in [0.1, 0.15) is 18.2 Å². The number of aromatic amines is 1. The second-order valence-electron chi connectivity index (χ2n) is 6.76. The molecule has 1 aliphatic heterocycles. The molecule has 1 N–H and O–H groups in total. The van der Waals surface area contributed by atoms with Gasteiger partial charge in [0.25, 0.3) is 5.56 Å². The third-order valence-corrected chi connectivity index (χ3v) is 4.83. The lowest BCUT2D eigenvalue weighted by Crippen LogP contribution is -2.37. The van der Waals surface area contributed by atoms with Gasteiger partial charge in [0.15, 0.2) is 0 Å². The molecule has 0 radical (unpaired) electrons. The summed E-state index contributed by atoms with van der Waals surface area (Å²) in [7, 11) is 1.29. The van der Waals surface area contributed by atoms with E-state index < -0.39 is 11.8 Å². The number of hydrogen-bond acceptors (Lipinski definition) is 6. The quantitative estimate of drug-likeness (QED) is 0.553. The lowest BCUT2D eigenvalue weighted by Gasteiger charge is -2.25. The average molecular weight is 404 g/mol. The number of morpholine rings is 1. The molecule has 1 saturated heterocycles. The van der Waals surface area contributed by atoms with Crippen LogP contribution < -0.4 is 5.56 Å². The highest BCUT2D eigenvalue weighted by molar-refractivity contribution is 6.00. The van der Waals surface area contributed by atoms with Gasteiger partial charge in [0, 0.05) is 25.3 Å². The second kappa shape index (κ2) is 9.62. The van der Waals surface area contributed by atoms with Crippen molar-refractivity contribution in [2.24, 2.45) is 4.99 Å². The van der Waals surface area contributed by atoms with E-state index in [2.05, 4.69) is 15.0 Å². The van der Waals surface area contributed by atoms with Crippen LogP contribution in [-0.2, 0) is 20.7 Å². The zero-order valence-electron chi connectivity index (χ0n) is 16.6. The highest BCUT2D eigenvalue weighted by atomic mass is 19.1. The zero-order valence-corrected chi connectivity index (χ0v) is 16.6. The van der Waals surface area contributed by atoms with E-state index in [0.717, 1.165) is 19.6 Å². The van der Waals surface area contributed by atoms with Crippen molar-refractivity contribution >= 4 is 11.7 Å². The molecule has 1 fully saturated rings. The van der Waals surface area contributed by atoms with E-state index in [-0.39, 0.29) is 12.0 Å². The first-order valence-corrected chi connectivity index (χ1v) is 9.47. The van der Waals surface area contributed by atoms with Crippen molar-refractivity contribution in [2.75, 3.05) is 46.5 Å². The minimum absolute atomic E-state index is 0.0917. The maximum absolute atomic E-state index is 13.2. The number of carbonyl (C=O) groups excluding carboxylic acids is 1. The Kier molecular flexibility index (Phi) is 6.95. The fourth-order valence-electron chi connectivity index (χ4n) is 3.23. The Bertz CT molecular complexity index is 927. The summed E-state index contributed by atoms with van der Waals surface area (Å²) in [6.07, 6.45) is -0.0917. The molecule has 0 aliphatic carbocycles. The largest absolute Gasteiger partial charge is 0.469 e.